The number of esters is 1. The fraction of sp³-hybridized carbons (Fsp3) is 0.625. The predicted octanol–water partition coefficient (Wildman–Crippen LogP) is 2.11. The van der Waals surface area contributed by atoms with E-state index in [4.69, 9.17) is 0 Å². The standard InChI is InChI=1S/C8H14O2/c1-7(9)10-6-5-8(2,3)4/h5-6H,1-4H3. The Morgan fingerprint density at radius 2 is 1.90 bits per heavy atom. The predicted molar refractivity (Wildman–Crippen MR) is 40.4 cm³/mol. The molecule has 0 aliphatic carbocycles. The lowest BCUT2D eigenvalue weighted by molar-refractivity contribution is -0.135. The molecule has 0 spiro atoms. The van der Waals surface area contributed by atoms with E-state index in [1.165, 1.54) is 13.2 Å². The van der Waals surface area contributed by atoms with Crippen molar-refractivity contribution in [3.63, 3.8) is 0 Å². The van der Waals surface area contributed by atoms with Crippen molar-refractivity contribution in [1.29, 1.82) is 0 Å². The molecular formula is C8H14O2. The first-order valence-electron chi connectivity index (χ1n) is 3.27. The summed E-state index contributed by atoms with van der Waals surface area (Å²) in [5, 5.41) is 0. The summed E-state index contributed by atoms with van der Waals surface area (Å²) < 4.78 is 4.60. The van der Waals surface area contributed by atoms with Gasteiger partial charge in [-0.15, -0.1) is 0 Å². The minimum Gasteiger partial charge on any atom is -0.435 e. The van der Waals surface area contributed by atoms with Gasteiger partial charge < -0.3 is 4.74 Å². The maximum atomic E-state index is 10.3. The Hall–Kier alpha value is -0.790. The Kier molecular flexibility index (Phi) is 3.13. The van der Waals surface area contributed by atoms with Gasteiger partial charge in [-0.3, -0.25) is 4.79 Å². The van der Waals surface area contributed by atoms with Crippen LogP contribution in [-0.2, 0) is 9.53 Å². The summed E-state index contributed by atoms with van der Waals surface area (Å²) >= 11 is 0. The molecule has 0 bridgehead atoms. The molecule has 0 rings (SSSR count). The first kappa shape index (κ1) is 9.21. The minimum absolute atomic E-state index is 0.0788. The fourth-order valence-electron chi connectivity index (χ4n) is 0.334. The van der Waals surface area contributed by atoms with E-state index >= 15 is 0 Å². The second kappa shape index (κ2) is 3.40. The number of carbonyl (C=O) groups is 1. The van der Waals surface area contributed by atoms with Crippen molar-refractivity contribution in [2.45, 2.75) is 27.7 Å². The van der Waals surface area contributed by atoms with Crippen LogP contribution in [0.15, 0.2) is 12.3 Å². The van der Waals surface area contributed by atoms with Gasteiger partial charge in [0.1, 0.15) is 0 Å². The number of ether oxygens (including phenoxy) is 1. The van der Waals surface area contributed by atoms with E-state index in [1.807, 2.05) is 26.8 Å². The molecule has 0 heterocycles. The molecule has 0 fully saturated rings. The molecule has 0 aromatic heterocycles. The zero-order chi connectivity index (χ0) is 8.20. The zero-order valence-corrected chi connectivity index (χ0v) is 6.97. The summed E-state index contributed by atoms with van der Waals surface area (Å²) in [7, 11) is 0. The highest BCUT2D eigenvalue weighted by molar-refractivity contribution is 5.66. The van der Waals surface area contributed by atoms with Crippen LogP contribution in [0.3, 0.4) is 0 Å². The molecule has 0 aliphatic heterocycles. The maximum absolute atomic E-state index is 10.3. The largest absolute Gasteiger partial charge is 0.435 e. The lowest BCUT2D eigenvalue weighted by atomic mass is 9.97. The third-order valence-electron chi connectivity index (χ3n) is 0.802. The van der Waals surface area contributed by atoms with Crippen LogP contribution in [0.25, 0.3) is 0 Å². The molecule has 0 atom stereocenters. The number of rotatable bonds is 1. The lowest BCUT2D eigenvalue weighted by Gasteiger charge is -2.09. The van der Waals surface area contributed by atoms with Crippen molar-refractivity contribution in [3.05, 3.63) is 12.3 Å². The van der Waals surface area contributed by atoms with Crippen molar-refractivity contribution in [2.75, 3.05) is 0 Å². The van der Waals surface area contributed by atoms with Crippen LogP contribution in [-0.4, -0.2) is 5.97 Å². The van der Waals surface area contributed by atoms with Crippen LogP contribution in [0.4, 0.5) is 0 Å². The number of allylic oxidation sites excluding steroid dienone is 1. The summed E-state index contributed by atoms with van der Waals surface area (Å²) in [6.07, 6.45) is 3.27. The van der Waals surface area contributed by atoms with Crippen molar-refractivity contribution in [3.8, 4) is 0 Å². The maximum Gasteiger partial charge on any atom is 0.307 e. The Balaban J connectivity index is 3.67. The van der Waals surface area contributed by atoms with Crippen LogP contribution in [0.2, 0.25) is 0 Å². The van der Waals surface area contributed by atoms with E-state index in [1.54, 1.807) is 0 Å². The van der Waals surface area contributed by atoms with E-state index in [0.717, 1.165) is 0 Å². The highest BCUT2D eigenvalue weighted by Gasteiger charge is 2.03. The monoisotopic (exact) mass is 142 g/mol. The van der Waals surface area contributed by atoms with Crippen molar-refractivity contribution < 1.29 is 9.53 Å². The first-order valence-corrected chi connectivity index (χ1v) is 3.27. The third-order valence-corrected chi connectivity index (χ3v) is 0.802. The molecule has 0 aromatic carbocycles. The normalized spacial score (nSPS) is 12.0. The van der Waals surface area contributed by atoms with Crippen LogP contribution in [0, 0.1) is 5.41 Å². The summed E-state index contributed by atoms with van der Waals surface area (Å²) in [6.45, 7) is 7.49. The molecule has 0 radical (unpaired) electrons. The Morgan fingerprint density at radius 3 is 2.20 bits per heavy atom. The Labute approximate surface area is 61.9 Å². The first-order chi connectivity index (χ1) is 4.42. The highest BCUT2D eigenvalue weighted by atomic mass is 16.5. The molecule has 0 N–H and O–H groups in total. The molecule has 0 saturated heterocycles. The molecule has 0 aromatic rings. The number of carbonyl (C=O) groups excluding carboxylic acids is 1. The van der Waals surface area contributed by atoms with Gasteiger partial charge in [0.15, 0.2) is 0 Å². The average Bonchev–Trinajstić information content (AvgIpc) is 1.59. The molecule has 0 aliphatic rings. The zero-order valence-electron chi connectivity index (χ0n) is 6.97. The van der Waals surface area contributed by atoms with Gasteiger partial charge in [0.05, 0.1) is 6.26 Å². The van der Waals surface area contributed by atoms with Crippen molar-refractivity contribution in [1.82, 2.24) is 0 Å². The lowest BCUT2D eigenvalue weighted by Crippen LogP contribution is -2.00. The molecule has 58 valence electrons. The Morgan fingerprint density at radius 1 is 1.40 bits per heavy atom. The highest BCUT2D eigenvalue weighted by Crippen LogP contribution is 2.14. The smallest absolute Gasteiger partial charge is 0.307 e. The molecule has 10 heavy (non-hydrogen) atoms. The van der Waals surface area contributed by atoms with Gasteiger partial charge >= 0.3 is 5.97 Å². The van der Waals surface area contributed by atoms with Crippen LogP contribution >= 0.6 is 0 Å². The average molecular weight is 142 g/mol. The number of hydrogen-bond acceptors (Lipinski definition) is 2. The summed E-state index contributed by atoms with van der Waals surface area (Å²) in [4.78, 5) is 10.3. The van der Waals surface area contributed by atoms with Gasteiger partial charge in [-0.1, -0.05) is 20.8 Å². The molecular weight excluding hydrogens is 128 g/mol. The van der Waals surface area contributed by atoms with E-state index in [2.05, 4.69) is 4.74 Å². The molecule has 2 heteroatoms. The second-order valence-electron chi connectivity index (χ2n) is 3.28. The third kappa shape index (κ3) is 7.21. The van der Waals surface area contributed by atoms with Crippen molar-refractivity contribution >= 4 is 5.97 Å². The van der Waals surface area contributed by atoms with Crippen LogP contribution in [0.1, 0.15) is 27.7 Å². The molecule has 0 unspecified atom stereocenters. The van der Waals surface area contributed by atoms with E-state index in [9.17, 15) is 4.79 Å². The topological polar surface area (TPSA) is 26.3 Å². The fourth-order valence-corrected chi connectivity index (χ4v) is 0.334. The van der Waals surface area contributed by atoms with Crippen LogP contribution < -0.4 is 0 Å². The van der Waals surface area contributed by atoms with Gasteiger partial charge in [-0.25, -0.2) is 0 Å². The van der Waals surface area contributed by atoms with Gasteiger partial charge in [0.2, 0.25) is 0 Å². The quantitative estimate of drug-likeness (QED) is 0.414. The summed E-state index contributed by atoms with van der Waals surface area (Å²) in [5.74, 6) is -0.277. The summed E-state index contributed by atoms with van der Waals surface area (Å²) in [5.41, 5.74) is 0.0788. The molecule has 0 saturated carbocycles. The van der Waals surface area contributed by atoms with Gasteiger partial charge in [-0.05, 0) is 11.5 Å². The second-order valence-corrected chi connectivity index (χ2v) is 3.28. The van der Waals surface area contributed by atoms with Crippen molar-refractivity contribution in [2.24, 2.45) is 5.41 Å². The van der Waals surface area contributed by atoms with Gasteiger partial charge in [0, 0.05) is 6.92 Å². The molecule has 0 amide bonds. The van der Waals surface area contributed by atoms with E-state index in [-0.39, 0.29) is 11.4 Å². The van der Waals surface area contributed by atoms with Gasteiger partial charge in [-0.2, -0.15) is 0 Å². The molecule has 2 nitrogen and oxygen atoms in total. The Bertz CT molecular complexity index is 140. The van der Waals surface area contributed by atoms with E-state index in [0.29, 0.717) is 0 Å². The van der Waals surface area contributed by atoms with Gasteiger partial charge in [0.25, 0.3) is 0 Å². The summed E-state index contributed by atoms with van der Waals surface area (Å²) in [6, 6.07) is 0. The van der Waals surface area contributed by atoms with Crippen LogP contribution in [0.5, 0.6) is 0 Å². The SMILES string of the molecule is CC(=O)OC=CC(C)(C)C. The minimum atomic E-state index is -0.277. The number of hydrogen-bond donors (Lipinski definition) is 0. The van der Waals surface area contributed by atoms with E-state index < -0.39 is 0 Å².